The van der Waals surface area contributed by atoms with E-state index in [2.05, 4.69) is 10.6 Å². The van der Waals surface area contributed by atoms with Crippen molar-refractivity contribution in [3.8, 4) is 0 Å². The number of carbonyl (C=O) groups excluding carboxylic acids is 1. The van der Waals surface area contributed by atoms with Gasteiger partial charge in [0, 0.05) is 25.7 Å². The van der Waals surface area contributed by atoms with Gasteiger partial charge in [0.05, 0.1) is 19.1 Å². The van der Waals surface area contributed by atoms with Gasteiger partial charge in [-0.2, -0.15) is 0 Å². The second-order valence-electron chi connectivity index (χ2n) is 5.37. The van der Waals surface area contributed by atoms with Crippen molar-refractivity contribution in [2.24, 2.45) is 5.92 Å². The van der Waals surface area contributed by atoms with Crippen molar-refractivity contribution in [1.82, 2.24) is 10.6 Å². The van der Waals surface area contributed by atoms with Gasteiger partial charge in [0.15, 0.2) is 0 Å². The van der Waals surface area contributed by atoms with E-state index in [0.29, 0.717) is 18.9 Å². The minimum absolute atomic E-state index is 0.0209. The molecule has 1 amide bonds. The van der Waals surface area contributed by atoms with Crippen LogP contribution in [0.15, 0.2) is 0 Å². The summed E-state index contributed by atoms with van der Waals surface area (Å²) in [5, 5.41) is 15.4. The summed E-state index contributed by atoms with van der Waals surface area (Å²) in [6, 6.07) is 0.289. The maximum Gasteiger partial charge on any atom is 0.222 e. The minimum Gasteiger partial charge on any atom is -0.396 e. The highest BCUT2D eigenvalue weighted by Gasteiger charge is 2.23. The molecule has 1 atom stereocenters. The molecule has 5 heteroatoms. The van der Waals surface area contributed by atoms with Crippen LogP contribution in [0.2, 0.25) is 0 Å². The van der Waals surface area contributed by atoms with E-state index in [9.17, 15) is 4.79 Å². The lowest BCUT2D eigenvalue weighted by molar-refractivity contribution is -0.125. The lowest BCUT2D eigenvalue weighted by Crippen LogP contribution is -2.44. The van der Waals surface area contributed by atoms with Crippen LogP contribution in [0, 0.1) is 5.92 Å². The van der Waals surface area contributed by atoms with E-state index in [1.54, 1.807) is 0 Å². The number of aliphatic hydroxyl groups is 1. The van der Waals surface area contributed by atoms with Crippen LogP contribution in [-0.2, 0) is 9.53 Å². The van der Waals surface area contributed by atoms with Crippen molar-refractivity contribution in [3.63, 3.8) is 0 Å². The third-order valence-electron chi connectivity index (χ3n) is 3.89. The number of ether oxygens (including phenoxy) is 1. The van der Waals surface area contributed by atoms with Crippen LogP contribution < -0.4 is 10.6 Å². The number of rotatable bonds is 4. The molecule has 18 heavy (non-hydrogen) atoms. The van der Waals surface area contributed by atoms with Gasteiger partial charge in [-0.3, -0.25) is 4.79 Å². The zero-order valence-corrected chi connectivity index (χ0v) is 10.9. The van der Waals surface area contributed by atoms with E-state index in [-0.39, 0.29) is 24.7 Å². The maximum absolute atomic E-state index is 11.9. The molecule has 0 aromatic carbocycles. The Morgan fingerprint density at radius 1 is 1.33 bits per heavy atom. The molecule has 1 saturated carbocycles. The smallest absolute Gasteiger partial charge is 0.222 e. The second kappa shape index (κ2) is 7.07. The Morgan fingerprint density at radius 2 is 2.11 bits per heavy atom. The van der Waals surface area contributed by atoms with E-state index in [0.717, 1.165) is 38.8 Å². The Balaban J connectivity index is 1.65. The van der Waals surface area contributed by atoms with Crippen LogP contribution in [0.4, 0.5) is 0 Å². The second-order valence-corrected chi connectivity index (χ2v) is 5.37. The van der Waals surface area contributed by atoms with Gasteiger partial charge in [-0.25, -0.2) is 0 Å². The fraction of sp³-hybridized carbons (Fsp3) is 0.923. The Kier molecular flexibility index (Phi) is 5.41. The number of hydrogen-bond donors (Lipinski definition) is 3. The van der Waals surface area contributed by atoms with Crippen LogP contribution >= 0.6 is 0 Å². The quantitative estimate of drug-likeness (QED) is 0.664. The molecule has 1 aliphatic heterocycles. The Labute approximate surface area is 108 Å². The Bertz CT molecular complexity index is 259. The molecule has 104 valence electrons. The van der Waals surface area contributed by atoms with E-state index in [1.807, 2.05) is 0 Å². The molecule has 1 aliphatic carbocycles. The van der Waals surface area contributed by atoms with Gasteiger partial charge < -0.3 is 20.5 Å². The first-order valence-electron chi connectivity index (χ1n) is 7.00. The standard InChI is InChI=1S/C13H24N2O3/c16-9-10-1-3-11(4-2-10)15-13(17)7-12-8-14-5-6-18-12/h10-12,14,16H,1-9H2,(H,15,17). The molecule has 0 aromatic heterocycles. The lowest BCUT2D eigenvalue weighted by Gasteiger charge is -2.29. The van der Waals surface area contributed by atoms with Crippen molar-refractivity contribution in [1.29, 1.82) is 0 Å². The highest BCUT2D eigenvalue weighted by atomic mass is 16.5. The highest BCUT2D eigenvalue weighted by Crippen LogP contribution is 2.23. The number of aliphatic hydroxyl groups excluding tert-OH is 1. The number of hydrogen-bond acceptors (Lipinski definition) is 4. The van der Waals surface area contributed by atoms with Crippen LogP contribution in [-0.4, -0.2) is 49.5 Å². The van der Waals surface area contributed by atoms with Crippen molar-refractivity contribution >= 4 is 5.91 Å². The van der Waals surface area contributed by atoms with Crippen LogP contribution in [0.25, 0.3) is 0 Å². The largest absolute Gasteiger partial charge is 0.396 e. The SMILES string of the molecule is O=C(CC1CNCCO1)NC1CCC(CO)CC1. The van der Waals surface area contributed by atoms with Crippen LogP contribution in [0.1, 0.15) is 32.1 Å². The lowest BCUT2D eigenvalue weighted by atomic mass is 9.86. The van der Waals surface area contributed by atoms with Crippen molar-refractivity contribution in [2.75, 3.05) is 26.3 Å². The molecule has 3 N–H and O–H groups in total. The average molecular weight is 256 g/mol. The molecule has 0 spiro atoms. The van der Waals surface area contributed by atoms with Gasteiger partial charge >= 0.3 is 0 Å². The number of amides is 1. The van der Waals surface area contributed by atoms with Crippen LogP contribution in [0.5, 0.6) is 0 Å². The first kappa shape index (κ1) is 13.8. The van der Waals surface area contributed by atoms with E-state index >= 15 is 0 Å². The van der Waals surface area contributed by atoms with Gasteiger partial charge in [0.2, 0.25) is 5.91 Å². The first-order chi connectivity index (χ1) is 8.78. The predicted octanol–water partition coefficient (Wildman–Crippen LogP) is 0.0322. The summed E-state index contributed by atoms with van der Waals surface area (Å²) in [7, 11) is 0. The summed E-state index contributed by atoms with van der Waals surface area (Å²) in [5.74, 6) is 0.528. The molecule has 1 unspecified atom stereocenters. The number of nitrogens with one attached hydrogen (secondary N) is 2. The summed E-state index contributed by atoms with van der Waals surface area (Å²) in [4.78, 5) is 11.9. The Hall–Kier alpha value is -0.650. The molecule has 0 aromatic rings. The third kappa shape index (κ3) is 4.23. The molecule has 2 aliphatic rings. The first-order valence-corrected chi connectivity index (χ1v) is 7.00. The zero-order valence-electron chi connectivity index (χ0n) is 10.9. The topological polar surface area (TPSA) is 70.6 Å². The summed E-state index contributed by atoms with van der Waals surface area (Å²) >= 11 is 0. The van der Waals surface area contributed by atoms with Crippen LogP contribution in [0.3, 0.4) is 0 Å². The molecule has 2 fully saturated rings. The van der Waals surface area contributed by atoms with Gasteiger partial charge in [0.1, 0.15) is 0 Å². The van der Waals surface area contributed by atoms with Gasteiger partial charge in [-0.1, -0.05) is 0 Å². The van der Waals surface area contributed by atoms with Gasteiger partial charge in [-0.15, -0.1) is 0 Å². The van der Waals surface area contributed by atoms with E-state index < -0.39 is 0 Å². The fourth-order valence-electron chi connectivity index (χ4n) is 2.73. The molecule has 0 radical (unpaired) electrons. The summed E-state index contributed by atoms with van der Waals surface area (Å²) in [5.41, 5.74) is 0. The number of carbonyl (C=O) groups is 1. The monoisotopic (exact) mass is 256 g/mol. The van der Waals surface area contributed by atoms with E-state index in [1.165, 1.54) is 0 Å². The van der Waals surface area contributed by atoms with Crippen molar-refractivity contribution in [3.05, 3.63) is 0 Å². The van der Waals surface area contributed by atoms with Gasteiger partial charge in [0.25, 0.3) is 0 Å². The normalized spacial score (nSPS) is 33.1. The fourth-order valence-corrected chi connectivity index (χ4v) is 2.73. The molecule has 1 heterocycles. The van der Waals surface area contributed by atoms with Gasteiger partial charge in [-0.05, 0) is 31.6 Å². The summed E-state index contributed by atoms with van der Waals surface area (Å²) in [6.07, 6.45) is 4.48. The molecule has 2 rings (SSSR count). The summed E-state index contributed by atoms with van der Waals surface area (Å²) in [6.45, 7) is 2.62. The third-order valence-corrected chi connectivity index (χ3v) is 3.89. The molecule has 1 saturated heterocycles. The zero-order chi connectivity index (χ0) is 12.8. The maximum atomic E-state index is 11.9. The molecule has 5 nitrogen and oxygen atoms in total. The number of morpholine rings is 1. The molecular formula is C13H24N2O3. The average Bonchev–Trinajstić information content (AvgIpc) is 2.40. The molecular weight excluding hydrogens is 232 g/mol. The van der Waals surface area contributed by atoms with Crippen molar-refractivity contribution < 1.29 is 14.6 Å². The Morgan fingerprint density at radius 3 is 2.72 bits per heavy atom. The molecule has 0 bridgehead atoms. The highest BCUT2D eigenvalue weighted by molar-refractivity contribution is 5.76. The summed E-state index contributed by atoms with van der Waals surface area (Å²) < 4.78 is 5.52. The minimum atomic E-state index is 0.0209. The van der Waals surface area contributed by atoms with E-state index in [4.69, 9.17) is 9.84 Å². The van der Waals surface area contributed by atoms with Crippen molar-refractivity contribution in [2.45, 2.75) is 44.2 Å². The predicted molar refractivity (Wildman–Crippen MR) is 68.2 cm³/mol.